The summed E-state index contributed by atoms with van der Waals surface area (Å²) in [7, 11) is 0. The fraction of sp³-hybridized carbons (Fsp3) is 0.400. The lowest BCUT2D eigenvalue weighted by Crippen LogP contribution is -2.07. The van der Waals surface area contributed by atoms with Gasteiger partial charge < -0.3 is 4.74 Å². The van der Waals surface area contributed by atoms with E-state index in [0.717, 1.165) is 17.3 Å². The van der Waals surface area contributed by atoms with Crippen LogP contribution in [0.15, 0.2) is 29.2 Å². The average molecular weight is 198 g/mol. The van der Waals surface area contributed by atoms with Crippen molar-refractivity contribution in [3.63, 3.8) is 0 Å². The van der Waals surface area contributed by atoms with Gasteiger partial charge in [-0.25, -0.2) is 4.39 Å². The van der Waals surface area contributed by atoms with Crippen LogP contribution < -0.4 is 0 Å². The molecule has 1 aromatic rings. The summed E-state index contributed by atoms with van der Waals surface area (Å²) < 4.78 is 17.8. The van der Waals surface area contributed by atoms with E-state index in [2.05, 4.69) is 6.92 Å². The van der Waals surface area contributed by atoms with Gasteiger partial charge in [0, 0.05) is 10.6 Å². The number of thioether (sulfide) groups is 1. The summed E-state index contributed by atoms with van der Waals surface area (Å²) in [5.41, 5.74) is 0.0685. The monoisotopic (exact) mass is 198 g/mol. The minimum atomic E-state index is -0.182. The molecule has 0 radical (unpaired) electrons. The van der Waals surface area contributed by atoms with E-state index < -0.39 is 0 Å². The minimum Gasteiger partial charge on any atom is -0.369 e. The number of hydrogen-bond acceptors (Lipinski definition) is 2. The SMILES string of the molecule is CC1(CSc2ccc(F)cc2)CO1. The van der Waals surface area contributed by atoms with Crippen LogP contribution in [0.2, 0.25) is 0 Å². The number of epoxide rings is 1. The molecule has 70 valence electrons. The molecule has 1 aliphatic heterocycles. The van der Waals surface area contributed by atoms with Crippen molar-refractivity contribution in [1.82, 2.24) is 0 Å². The number of rotatable bonds is 3. The summed E-state index contributed by atoms with van der Waals surface area (Å²) in [5.74, 6) is 0.761. The minimum absolute atomic E-state index is 0.0685. The molecule has 0 spiro atoms. The number of hydrogen-bond donors (Lipinski definition) is 0. The van der Waals surface area contributed by atoms with Crippen LogP contribution in [0, 0.1) is 5.82 Å². The van der Waals surface area contributed by atoms with Crippen molar-refractivity contribution in [3.8, 4) is 0 Å². The van der Waals surface area contributed by atoms with Crippen molar-refractivity contribution >= 4 is 11.8 Å². The van der Waals surface area contributed by atoms with Gasteiger partial charge in [0.1, 0.15) is 5.82 Å². The molecule has 1 saturated heterocycles. The van der Waals surface area contributed by atoms with Crippen LogP contribution in [0.1, 0.15) is 6.92 Å². The second-order valence-electron chi connectivity index (χ2n) is 3.48. The number of halogens is 1. The first kappa shape index (κ1) is 9.03. The maximum absolute atomic E-state index is 12.5. The van der Waals surface area contributed by atoms with Crippen LogP contribution in [0.5, 0.6) is 0 Å². The van der Waals surface area contributed by atoms with Gasteiger partial charge in [0.05, 0.1) is 12.2 Å². The lowest BCUT2D eigenvalue weighted by atomic mass is 10.3. The van der Waals surface area contributed by atoms with Gasteiger partial charge in [0.2, 0.25) is 0 Å². The Hall–Kier alpha value is -0.540. The van der Waals surface area contributed by atoms with Crippen LogP contribution in [0.3, 0.4) is 0 Å². The zero-order chi connectivity index (χ0) is 9.31. The zero-order valence-corrected chi connectivity index (χ0v) is 8.23. The highest BCUT2D eigenvalue weighted by Gasteiger charge is 2.38. The van der Waals surface area contributed by atoms with Gasteiger partial charge in [0.25, 0.3) is 0 Å². The number of ether oxygens (including phenoxy) is 1. The van der Waals surface area contributed by atoms with Crippen LogP contribution in [0.4, 0.5) is 4.39 Å². The van der Waals surface area contributed by atoms with Gasteiger partial charge in [0.15, 0.2) is 0 Å². The first-order chi connectivity index (χ1) is 6.18. The highest BCUT2D eigenvalue weighted by molar-refractivity contribution is 7.99. The van der Waals surface area contributed by atoms with Crippen LogP contribution in [-0.4, -0.2) is 18.0 Å². The average Bonchev–Trinajstić information content (AvgIpc) is 2.84. The van der Waals surface area contributed by atoms with E-state index in [1.807, 2.05) is 0 Å². The fourth-order valence-corrected chi connectivity index (χ4v) is 1.94. The Morgan fingerprint density at radius 2 is 2.08 bits per heavy atom. The Balaban J connectivity index is 1.91. The molecule has 0 N–H and O–H groups in total. The maximum Gasteiger partial charge on any atom is 0.123 e. The smallest absolute Gasteiger partial charge is 0.123 e. The van der Waals surface area contributed by atoms with E-state index in [1.165, 1.54) is 12.1 Å². The molecule has 1 aromatic carbocycles. The summed E-state index contributed by atoms with van der Waals surface area (Å²) in [4.78, 5) is 1.10. The first-order valence-corrected chi connectivity index (χ1v) is 5.19. The molecule has 1 aliphatic rings. The number of benzene rings is 1. The zero-order valence-electron chi connectivity index (χ0n) is 7.42. The molecule has 1 fully saturated rings. The molecule has 0 bridgehead atoms. The van der Waals surface area contributed by atoms with Gasteiger partial charge in [-0.1, -0.05) is 0 Å². The van der Waals surface area contributed by atoms with Crippen molar-refractivity contribution in [3.05, 3.63) is 30.1 Å². The Labute approximate surface area is 81.3 Å². The summed E-state index contributed by atoms with van der Waals surface area (Å²) in [6.07, 6.45) is 0. The summed E-state index contributed by atoms with van der Waals surface area (Å²) in [5, 5.41) is 0. The summed E-state index contributed by atoms with van der Waals surface area (Å²) >= 11 is 1.71. The van der Waals surface area contributed by atoms with E-state index in [0.29, 0.717) is 0 Å². The quantitative estimate of drug-likeness (QED) is 0.547. The second kappa shape index (κ2) is 3.31. The first-order valence-electron chi connectivity index (χ1n) is 4.20. The molecule has 1 atom stereocenters. The molecule has 13 heavy (non-hydrogen) atoms. The molecule has 0 saturated carbocycles. The fourth-order valence-electron chi connectivity index (χ4n) is 0.973. The Kier molecular flexibility index (Phi) is 2.30. The van der Waals surface area contributed by atoms with Crippen molar-refractivity contribution in [2.45, 2.75) is 17.4 Å². The molecular formula is C10H11FOS. The van der Waals surface area contributed by atoms with Crippen molar-refractivity contribution < 1.29 is 9.13 Å². The third-order valence-electron chi connectivity index (χ3n) is 1.99. The van der Waals surface area contributed by atoms with E-state index >= 15 is 0 Å². The molecule has 0 amide bonds. The van der Waals surface area contributed by atoms with Crippen LogP contribution in [-0.2, 0) is 4.74 Å². The highest BCUT2D eigenvalue weighted by atomic mass is 32.2. The lowest BCUT2D eigenvalue weighted by molar-refractivity contribution is 0.348. The standard InChI is InChI=1S/C10H11FOS/c1-10(6-12-10)7-13-9-4-2-8(11)3-5-9/h2-5H,6-7H2,1H3. The summed E-state index contributed by atoms with van der Waals surface area (Å²) in [6, 6.07) is 6.56. The van der Waals surface area contributed by atoms with Gasteiger partial charge in [-0.05, 0) is 31.2 Å². The third kappa shape index (κ3) is 2.45. The lowest BCUT2D eigenvalue weighted by Gasteiger charge is -2.03. The van der Waals surface area contributed by atoms with Crippen LogP contribution in [0.25, 0.3) is 0 Å². The Morgan fingerprint density at radius 3 is 2.62 bits per heavy atom. The van der Waals surface area contributed by atoms with E-state index in [9.17, 15) is 4.39 Å². The predicted molar refractivity (Wildman–Crippen MR) is 51.5 cm³/mol. The molecule has 0 aromatic heterocycles. The molecular weight excluding hydrogens is 187 g/mol. The topological polar surface area (TPSA) is 12.5 Å². The highest BCUT2D eigenvalue weighted by Crippen LogP contribution is 2.33. The third-order valence-corrected chi connectivity index (χ3v) is 3.36. The summed E-state index contributed by atoms with van der Waals surface area (Å²) in [6.45, 7) is 2.94. The van der Waals surface area contributed by atoms with E-state index in [-0.39, 0.29) is 11.4 Å². The molecule has 1 nitrogen and oxygen atoms in total. The molecule has 1 unspecified atom stereocenters. The molecule has 3 heteroatoms. The van der Waals surface area contributed by atoms with E-state index in [4.69, 9.17) is 4.74 Å². The van der Waals surface area contributed by atoms with E-state index in [1.54, 1.807) is 23.9 Å². The van der Waals surface area contributed by atoms with Crippen molar-refractivity contribution in [1.29, 1.82) is 0 Å². The molecule has 0 aliphatic carbocycles. The Morgan fingerprint density at radius 1 is 1.46 bits per heavy atom. The molecule has 2 rings (SSSR count). The largest absolute Gasteiger partial charge is 0.369 e. The second-order valence-corrected chi connectivity index (χ2v) is 4.53. The van der Waals surface area contributed by atoms with Gasteiger partial charge >= 0.3 is 0 Å². The van der Waals surface area contributed by atoms with Crippen LogP contribution >= 0.6 is 11.8 Å². The van der Waals surface area contributed by atoms with Crippen molar-refractivity contribution in [2.75, 3.05) is 12.4 Å². The van der Waals surface area contributed by atoms with Crippen molar-refractivity contribution in [2.24, 2.45) is 0 Å². The van der Waals surface area contributed by atoms with Gasteiger partial charge in [-0.15, -0.1) is 11.8 Å². The Bertz CT molecular complexity index is 292. The maximum atomic E-state index is 12.5. The predicted octanol–water partition coefficient (Wildman–Crippen LogP) is 2.71. The normalized spacial score (nSPS) is 26.0. The van der Waals surface area contributed by atoms with Gasteiger partial charge in [-0.2, -0.15) is 0 Å². The van der Waals surface area contributed by atoms with Gasteiger partial charge in [-0.3, -0.25) is 0 Å². The molecule has 1 heterocycles.